The van der Waals surface area contributed by atoms with E-state index in [0.29, 0.717) is 0 Å². The molecule has 120 valence electrons. The molecule has 1 aliphatic rings. The third kappa shape index (κ3) is 5.02. The van der Waals surface area contributed by atoms with Crippen molar-refractivity contribution in [1.29, 1.82) is 0 Å². The lowest BCUT2D eigenvalue weighted by molar-refractivity contribution is 0.305. The lowest BCUT2D eigenvalue weighted by Crippen LogP contribution is -2.30. The zero-order valence-corrected chi connectivity index (χ0v) is 14.7. The number of hydrogen-bond acceptors (Lipinski definition) is 5. The van der Waals surface area contributed by atoms with Crippen LogP contribution in [0.1, 0.15) is 38.7 Å². The minimum Gasteiger partial charge on any atom is -0.493 e. The molecule has 0 unspecified atom stereocenters. The summed E-state index contributed by atoms with van der Waals surface area (Å²) in [5, 5.41) is 7.52. The number of rotatable bonds is 7. The lowest BCUT2D eigenvalue weighted by atomic mass is 10.1. The Bertz CT molecular complexity index is 557. The Balaban J connectivity index is 2.06. The monoisotopic (exact) mass is 366 g/mol. The molecule has 0 spiro atoms. The van der Waals surface area contributed by atoms with Crippen molar-refractivity contribution in [2.24, 2.45) is 10.1 Å². The van der Waals surface area contributed by atoms with E-state index in [0.717, 1.165) is 53.6 Å². The van der Waals surface area contributed by atoms with Gasteiger partial charge in [0.2, 0.25) is 5.96 Å². The van der Waals surface area contributed by atoms with Crippen molar-refractivity contribution in [2.75, 3.05) is 19.7 Å². The van der Waals surface area contributed by atoms with Crippen LogP contribution in [-0.2, 0) is 0 Å². The van der Waals surface area contributed by atoms with Gasteiger partial charge < -0.3 is 10.1 Å². The van der Waals surface area contributed by atoms with E-state index in [1.165, 1.54) is 12.8 Å². The highest BCUT2D eigenvalue weighted by molar-refractivity contribution is 9.10. The number of unbranched alkanes of at least 4 members (excludes halogenated alkanes) is 2. The Kier molecular flexibility index (Phi) is 6.71. The van der Waals surface area contributed by atoms with Crippen molar-refractivity contribution in [3.05, 3.63) is 28.2 Å². The van der Waals surface area contributed by atoms with Gasteiger partial charge in [0.15, 0.2) is 0 Å². The van der Waals surface area contributed by atoms with E-state index in [-0.39, 0.29) is 0 Å². The number of ether oxygens (including phenoxy) is 1. The molecule has 2 N–H and O–H groups in total. The lowest BCUT2D eigenvalue weighted by Gasteiger charge is -2.12. The molecule has 0 saturated heterocycles. The molecule has 0 atom stereocenters. The first-order valence-corrected chi connectivity index (χ1v) is 8.51. The number of nitrogens with zero attached hydrogens (tertiary/aromatic N) is 2. The van der Waals surface area contributed by atoms with Crippen LogP contribution in [0.5, 0.6) is 5.75 Å². The van der Waals surface area contributed by atoms with Gasteiger partial charge in [-0.2, -0.15) is 5.10 Å². The molecule has 0 radical (unpaired) electrons. The Morgan fingerprint density at radius 1 is 1.45 bits per heavy atom. The van der Waals surface area contributed by atoms with Gasteiger partial charge in [0.25, 0.3) is 0 Å². The zero-order valence-electron chi connectivity index (χ0n) is 13.2. The van der Waals surface area contributed by atoms with Crippen LogP contribution >= 0.6 is 15.9 Å². The third-order valence-corrected chi connectivity index (χ3v) is 3.83. The molecule has 2 rings (SSSR count). The predicted molar refractivity (Wildman–Crippen MR) is 94.8 cm³/mol. The maximum atomic E-state index is 5.91. The quantitative estimate of drug-likeness (QED) is 0.442. The highest BCUT2D eigenvalue weighted by Gasteiger charge is 2.09. The van der Waals surface area contributed by atoms with Crippen LogP contribution in [0.2, 0.25) is 0 Å². The van der Waals surface area contributed by atoms with Crippen LogP contribution in [0.15, 0.2) is 32.8 Å². The largest absolute Gasteiger partial charge is 0.493 e. The van der Waals surface area contributed by atoms with Gasteiger partial charge in [-0.05, 0) is 31.5 Å². The molecule has 1 aromatic carbocycles. The molecule has 0 aromatic heterocycles. The molecule has 1 aromatic rings. The summed E-state index contributed by atoms with van der Waals surface area (Å²) in [5.74, 6) is 1.59. The van der Waals surface area contributed by atoms with Crippen molar-refractivity contribution in [2.45, 2.75) is 33.1 Å². The van der Waals surface area contributed by atoms with Crippen LogP contribution in [0.4, 0.5) is 0 Å². The van der Waals surface area contributed by atoms with Gasteiger partial charge in [0, 0.05) is 16.6 Å². The van der Waals surface area contributed by atoms with Gasteiger partial charge >= 0.3 is 0 Å². The van der Waals surface area contributed by atoms with Crippen molar-refractivity contribution in [1.82, 2.24) is 10.7 Å². The average Bonchev–Trinajstić information content (AvgIpc) is 3.03. The third-order valence-electron chi connectivity index (χ3n) is 3.34. The summed E-state index contributed by atoms with van der Waals surface area (Å²) in [6, 6.07) is 6.00. The van der Waals surface area contributed by atoms with E-state index in [1.807, 2.05) is 25.1 Å². The molecule has 6 heteroatoms. The molecular weight excluding hydrogens is 344 g/mol. The Hall–Kier alpha value is -1.56. The van der Waals surface area contributed by atoms with E-state index < -0.39 is 0 Å². The van der Waals surface area contributed by atoms with Crippen LogP contribution in [0, 0.1) is 0 Å². The van der Waals surface area contributed by atoms with Gasteiger partial charge in [0.1, 0.15) is 5.75 Å². The minimum atomic E-state index is 0.722. The molecule has 1 aliphatic heterocycles. The summed E-state index contributed by atoms with van der Waals surface area (Å²) < 4.78 is 6.92. The summed E-state index contributed by atoms with van der Waals surface area (Å²) in [7, 11) is 0. The number of guanidine groups is 1. The smallest absolute Gasteiger partial charge is 0.212 e. The zero-order chi connectivity index (χ0) is 15.8. The molecule has 5 nitrogen and oxygen atoms in total. The predicted octanol–water partition coefficient (Wildman–Crippen LogP) is 3.29. The first-order chi connectivity index (χ1) is 10.7. The van der Waals surface area contributed by atoms with E-state index in [9.17, 15) is 0 Å². The number of aliphatic imine (C=N–C) groups is 1. The summed E-state index contributed by atoms with van der Waals surface area (Å²) in [5.41, 5.74) is 4.81. The number of hydrogen-bond donors (Lipinski definition) is 2. The standard InChI is InChI=1S/C16H23BrN4O/c1-3-4-5-10-22-15-7-6-13(17)11-14(15)12(2)20-21-16-18-8-9-19-16/h6-7,11H,3-5,8-10H2,1-2H3,(H2,18,19,21)/b20-12-. The van der Waals surface area contributed by atoms with Crippen LogP contribution in [0.3, 0.4) is 0 Å². The number of hydrazone groups is 1. The Morgan fingerprint density at radius 2 is 2.32 bits per heavy atom. The molecule has 0 bridgehead atoms. The fourth-order valence-electron chi connectivity index (χ4n) is 2.11. The first kappa shape index (κ1) is 16.8. The van der Waals surface area contributed by atoms with Gasteiger partial charge in [-0.3, -0.25) is 0 Å². The molecule has 0 saturated carbocycles. The van der Waals surface area contributed by atoms with Crippen LogP contribution < -0.4 is 15.5 Å². The molecule has 0 amide bonds. The Morgan fingerprint density at radius 3 is 3.05 bits per heavy atom. The molecule has 0 fully saturated rings. The maximum absolute atomic E-state index is 5.91. The van der Waals surface area contributed by atoms with Crippen molar-refractivity contribution < 1.29 is 4.74 Å². The van der Waals surface area contributed by atoms with Gasteiger partial charge in [0.05, 0.1) is 18.9 Å². The van der Waals surface area contributed by atoms with Gasteiger partial charge in [-0.1, -0.05) is 35.7 Å². The summed E-state index contributed by atoms with van der Waals surface area (Å²) in [4.78, 5) is 4.26. The second-order valence-corrected chi connectivity index (χ2v) is 6.08. The van der Waals surface area contributed by atoms with Crippen LogP contribution in [-0.4, -0.2) is 31.4 Å². The maximum Gasteiger partial charge on any atom is 0.212 e. The fourth-order valence-corrected chi connectivity index (χ4v) is 2.48. The summed E-state index contributed by atoms with van der Waals surface area (Å²) >= 11 is 3.51. The van der Waals surface area contributed by atoms with Gasteiger partial charge in [-0.25, -0.2) is 10.4 Å². The number of halogens is 1. The molecule has 22 heavy (non-hydrogen) atoms. The molecular formula is C16H23BrN4O. The average molecular weight is 367 g/mol. The minimum absolute atomic E-state index is 0.722. The summed E-state index contributed by atoms with van der Waals surface area (Å²) in [6.45, 7) is 6.53. The number of benzene rings is 1. The van der Waals surface area contributed by atoms with Gasteiger partial charge in [-0.15, -0.1) is 0 Å². The van der Waals surface area contributed by atoms with Crippen LogP contribution in [0.25, 0.3) is 0 Å². The van der Waals surface area contributed by atoms with E-state index >= 15 is 0 Å². The summed E-state index contributed by atoms with van der Waals surface area (Å²) in [6.07, 6.45) is 3.45. The molecule has 0 aliphatic carbocycles. The van der Waals surface area contributed by atoms with Crippen molar-refractivity contribution in [3.8, 4) is 5.75 Å². The van der Waals surface area contributed by atoms with Crippen molar-refractivity contribution >= 4 is 27.6 Å². The topological polar surface area (TPSA) is 58.0 Å². The van der Waals surface area contributed by atoms with Crippen molar-refractivity contribution in [3.63, 3.8) is 0 Å². The molecule has 1 heterocycles. The number of nitrogens with one attached hydrogen (secondary N) is 2. The second-order valence-electron chi connectivity index (χ2n) is 5.16. The van der Waals surface area contributed by atoms with E-state index in [4.69, 9.17) is 4.74 Å². The normalized spacial score (nSPS) is 14.5. The van der Waals surface area contributed by atoms with E-state index in [1.54, 1.807) is 0 Å². The highest BCUT2D eigenvalue weighted by atomic mass is 79.9. The fraction of sp³-hybridized carbons (Fsp3) is 0.500. The Labute approximate surface area is 140 Å². The highest BCUT2D eigenvalue weighted by Crippen LogP contribution is 2.24. The first-order valence-electron chi connectivity index (χ1n) is 7.72. The SMILES string of the molecule is CCCCCOc1ccc(Br)cc1/C(C)=N\NC1=NCCN1. The second kappa shape index (κ2) is 8.78. The van der Waals surface area contributed by atoms with E-state index in [2.05, 4.69) is 43.7 Å².